The lowest BCUT2D eigenvalue weighted by Gasteiger charge is -2.16. The Labute approximate surface area is 115 Å². The molecule has 0 radical (unpaired) electrons. The lowest BCUT2D eigenvalue weighted by Crippen LogP contribution is -2.18. The molecule has 0 aliphatic carbocycles. The summed E-state index contributed by atoms with van der Waals surface area (Å²) in [6, 6.07) is 5.80. The van der Waals surface area contributed by atoms with Gasteiger partial charge in [0.1, 0.15) is 5.75 Å². The molecule has 0 bridgehead atoms. The van der Waals surface area contributed by atoms with Gasteiger partial charge < -0.3 is 10.1 Å². The number of nitrogens with zero attached hydrogens (tertiary/aromatic N) is 2. The van der Waals surface area contributed by atoms with Crippen molar-refractivity contribution < 1.29 is 4.74 Å². The maximum Gasteiger partial charge on any atom is 0.122 e. The van der Waals surface area contributed by atoms with Crippen molar-refractivity contribution in [2.75, 3.05) is 14.2 Å². The van der Waals surface area contributed by atoms with Crippen molar-refractivity contribution in [1.82, 2.24) is 14.9 Å². The van der Waals surface area contributed by atoms with Crippen molar-refractivity contribution in [3.8, 4) is 5.75 Å². The Morgan fingerprint density at radius 1 is 1.50 bits per heavy atom. The molecule has 0 saturated carbocycles. The molecule has 1 unspecified atom stereocenters. The van der Waals surface area contributed by atoms with Crippen LogP contribution in [0.2, 0.25) is 5.02 Å². The average Bonchev–Trinajstić information content (AvgIpc) is 2.90. The second-order valence-corrected chi connectivity index (χ2v) is 5.08. The van der Waals surface area contributed by atoms with Gasteiger partial charge in [0.2, 0.25) is 0 Å². The van der Waals surface area contributed by atoms with Gasteiger partial charge in [-0.2, -0.15) is 0 Å². The molecular weight excluding hydrogens is 270 g/mol. The van der Waals surface area contributed by atoms with Gasteiger partial charge in [0.05, 0.1) is 18.2 Å². The second-order valence-electron chi connectivity index (χ2n) is 3.82. The number of hydrogen-bond donors (Lipinski definition) is 1. The Hall–Kier alpha value is -1.17. The van der Waals surface area contributed by atoms with Gasteiger partial charge in [0, 0.05) is 11.1 Å². The number of halogens is 1. The van der Waals surface area contributed by atoms with Gasteiger partial charge in [0.25, 0.3) is 0 Å². The van der Waals surface area contributed by atoms with Crippen molar-refractivity contribution in [2.24, 2.45) is 0 Å². The third kappa shape index (κ3) is 2.98. The van der Waals surface area contributed by atoms with Gasteiger partial charge in [-0.05, 0) is 48.8 Å². The molecule has 1 atom stereocenters. The topological polar surface area (TPSA) is 47.0 Å². The van der Waals surface area contributed by atoms with Crippen LogP contribution in [0.15, 0.2) is 24.4 Å². The molecule has 1 aromatic heterocycles. The van der Waals surface area contributed by atoms with E-state index in [0.717, 1.165) is 22.6 Å². The highest BCUT2D eigenvalue weighted by molar-refractivity contribution is 7.05. The minimum atomic E-state index is 0.164. The molecule has 0 saturated heterocycles. The van der Waals surface area contributed by atoms with E-state index in [4.69, 9.17) is 16.3 Å². The van der Waals surface area contributed by atoms with E-state index in [1.165, 1.54) is 11.5 Å². The molecule has 4 nitrogen and oxygen atoms in total. The Balaban J connectivity index is 2.24. The summed E-state index contributed by atoms with van der Waals surface area (Å²) in [5.41, 5.74) is 1.07. The van der Waals surface area contributed by atoms with E-state index in [1.54, 1.807) is 13.3 Å². The van der Waals surface area contributed by atoms with Gasteiger partial charge in [-0.3, -0.25) is 0 Å². The van der Waals surface area contributed by atoms with Crippen molar-refractivity contribution in [3.63, 3.8) is 0 Å². The monoisotopic (exact) mass is 283 g/mol. The van der Waals surface area contributed by atoms with Crippen LogP contribution in [0.1, 0.15) is 16.5 Å². The molecule has 6 heteroatoms. The number of hydrogen-bond acceptors (Lipinski definition) is 5. The lowest BCUT2D eigenvalue weighted by atomic mass is 10.0. The molecule has 0 spiro atoms. The first-order valence-corrected chi connectivity index (χ1v) is 6.66. The van der Waals surface area contributed by atoms with E-state index in [9.17, 15) is 0 Å². The zero-order chi connectivity index (χ0) is 13.0. The quantitative estimate of drug-likeness (QED) is 0.916. The SMILES string of the molecule is CNC(Cc1cc(Cl)ccc1OC)c1cnns1. The normalized spacial score (nSPS) is 12.4. The van der Waals surface area contributed by atoms with Crippen LogP contribution in [0.4, 0.5) is 0 Å². The van der Waals surface area contributed by atoms with Gasteiger partial charge >= 0.3 is 0 Å². The molecule has 96 valence electrons. The van der Waals surface area contributed by atoms with Crippen LogP contribution in [0.5, 0.6) is 5.75 Å². The summed E-state index contributed by atoms with van der Waals surface area (Å²) in [4.78, 5) is 1.10. The molecule has 2 aromatic rings. The third-order valence-corrected chi connectivity index (χ3v) is 3.75. The van der Waals surface area contributed by atoms with E-state index in [-0.39, 0.29) is 6.04 Å². The minimum Gasteiger partial charge on any atom is -0.496 e. The fraction of sp³-hybridized carbons (Fsp3) is 0.333. The van der Waals surface area contributed by atoms with Crippen LogP contribution in [-0.2, 0) is 6.42 Å². The molecular formula is C12H14ClN3OS. The third-order valence-electron chi connectivity index (χ3n) is 2.74. The van der Waals surface area contributed by atoms with Crippen LogP contribution in [0.3, 0.4) is 0 Å². The summed E-state index contributed by atoms with van der Waals surface area (Å²) in [6.07, 6.45) is 2.56. The molecule has 1 heterocycles. The smallest absolute Gasteiger partial charge is 0.122 e. The number of nitrogens with one attached hydrogen (secondary N) is 1. The van der Waals surface area contributed by atoms with E-state index >= 15 is 0 Å². The van der Waals surface area contributed by atoms with Gasteiger partial charge in [-0.25, -0.2) is 0 Å². The van der Waals surface area contributed by atoms with Gasteiger partial charge in [-0.15, -0.1) is 5.10 Å². The standard InChI is InChI=1S/C12H14ClN3OS/c1-14-10(12-7-15-16-18-12)6-8-5-9(13)3-4-11(8)17-2/h3-5,7,10,14H,6H2,1-2H3. The summed E-state index contributed by atoms with van der Waals surface area (Å²) >= 11 is 7.42. The Morgan fingerprint density at radius 2 is 2.33 bits per heavy atom. The predicted octanol–water partition coefficient (Wildman–Crippen LogP) is 2.70. The van der Waals surface area contributed by atoms with Crippen LogP contribution in [0.25, 0.3) is 0 Å². The van der Waals surface area contributed by atoms with Gasteiger partial charge in [0.15, 0.2) is 0 Å². The zero-order valence-electron chi connectivity index (χ0n) is 10.2. The van der Waals surface area contributed by atoms with Crippen LogP contribution in [0, 0.1) is 0 Å². The first kappa shape index (κ1) is 13.3. The summed E-state index contributed by atoms with van der Waals surface area (Å²) in [7, 11) is 3.58. The Bertz CT molecular complexity index is 504. The first-order valence-electron chi connectivity index (χ1n) is 5.51. The predicted molar refractivity (Wildman–Crippen MR) is 73.4 cm³/mol. The van der Waals surface area contributed by atoms with E-state index in [2.05, 4.69) is 14.9 Å². The summed E-state index contributed by atoms with van der Waals surface area (Å²) in [5.74, 6) is 0.845. The molecule has 1 N–H and O–H groups in total. The molecule has 0 amide bonds. The summed E-state index contributed by atoms with van der Waals surface area (Å²) < 4.78 is 9.24. The maximum absolute atomic E-state index is 6.03. The molecule has 1 aromatic carbocycles. The molecule has 18 heavy (non-hydrogen) atoms. The van der Waals surface area contributed by atoms with Crippen LogP contribution < -0.4 is 10.1 Å². The van der Waals surface area contributed by atoms with E-state index in [1.807, 2.05) is 25.2 Å². The fourth-order valence-corrected chi connectivity index (χ4v) is 2.61. The number of methoxy groups -OCH3 is 1. The molecule has 2 rings (SSSR count). The largest absolute Gasteiger partial charge is 0.496 e. The second kappa shape index (κ2) is 6.13. The van der Waals surface area contributed by atoms with Crippen LogP contribution in [-0.4, -0.2) is 23.7 Å². The van der Waals surface area contributed by atoms with Crippen molar-refractivity contribution in [3.05, 3.63) is 39.9 Å². The van der Waals surface area contributed by atoms with E-state index < -0.39 is 0 Å². The number of aromatic nitrogens is 2. The first-order chi connectivity index (χ1) is 8.74. The van der Waals surface area contributed by atoms with Crippen molar-refractivity contribution in [2.45, 2.75) is 12.5 Å². The highest BCUT2D eigenvalue weighted by Gasteiger charge is 2.15. The van der Waals surface area contributed by atoms with Crippen molar-refractivity contribution >= 4 is 23.1 Å². The Morgan fingerprint density at radius 3 is 2.94 bits per heavy atom. The minimum absolute atomic E-state index is 0.164. The molecule has 0 fully saturated rings. The molecule has 0 aliphatic heterocycles. The maximum atomic E-state index is 6.03. The van der Waals surface area contributed by atoms with Crippen LogP contribution >= 0.6 is 23.1 Å². The number of likely N-dealkylation sites (N-methyl/N-ethyl adjacent to an activating group) is 1. The molecule has 0 aliphatic rings. The highest BCUT2D eigenvalue weighted by Crippen LogP contribution is 2.28. The zero-order valence-corrected chi connectivity index (χ0v) is 11.8. The average molecular weight is 284 g/mol. The lowest BCUT2D eigenvalue weighted by molar-refractivity contribution is 0.406. The van der Waals surface area contributed by atoms with Gasteiger partial charge in [-0.1, -0.05) is 16.1 Å². The number of benzene rings is 1. The summed E-state index contributed by atoms with van der Waals surface area (Å²) in [5, 5.41) is 7.83. The highest BCUT2D eigenvalue weighted by atomic mass is 35.5. The van der Waals surface area contributed by atoms with Crippen molar-refractivity contribution in [1.29, 1.82) is 0 Å². The van der Waals surface area contributed by atoms with E-state index in [0.29, 0.717) is 5.02 Å². The number of ether oxygens (including phenoxy) is 1. The number of rotatable bonds is 5. The fourth-order valence-electron chi connectivity index (χ4n) is 1.80. The summed E-state index contributed by atoms with van der Waals surface area (Å²) in [6.45, 7) is 0. The Kier molecular flexibility index (Phi) is 4.52.